The van der Waals surface area contributed by atoms with Gasteiger partial charge in [0.1, 0.15) is 12.1 Å². The molecule has 1 fully saturated rings. The summed E-state index contributed by atoms with van der Waals surface area (Å²) in [6, 6.07) is 4.80. The molecular formula is C21H30F3NO2. The van der Waals surface area contributed by atoms with Crippen LogP contribution in [-0.4, -0.2) is 18.1 Å². The Balaban J connectivity index is 2.21. The van der Waals surface area contributed by atoms with Crippen LogP contribution >= 0.6 is 0 Å². The van der Waals surface area contributed by atoms with Gasteiger partial charge in [-0.15, -0.1) is 0 Å². The molecule has 0 bridgehead atoms. The molecule has 1 heterocycles. The largest absolute Gasteiger partial charge is 0.461 e. The van der Waals surface area contributed by atoms with Gasteiger partial charge in [-0.3, -0.25) is 4.79 Å². The zero-order valence-electron chi connectivity index (χ0n) is 16.3. The molecule has 27 heavy (non-hydrogen) atoms. The van der Waals surface area contributed by atoms with E-state index in [1.54, 1.807) is 12.1 Å². The minimum atomic E-state index is -4.32. The number of benzene rings is 1. The molecule has 4 atom stereocenters. The summed E-state index contributed by atoms with van der Waals surface area (Å²) in [7, 11) is 0. The Labute approximate surface area is 159 Å². The lowest BCUT2D eigenvalue weighted by atomic mass is 9.76. The molecular weight excluding hydrogens is 355 g/mol. The Bertz CT molecular complexity index is 613. The fraction of sp³-hybridized carbons (Fsp3) is 0.667. The van der Waals surface area contributed by atoms with Crippen molar-refractivity contribution in [2.24, 2.45) is 23.5 Å². The highest BCUT2D eigenvalue weighted by atomic mass is 19.4. The molecule has 152 valence electrons. The molecule has 0 radical (unpaired) electrons. The number of alkyl halides is 3. The predicted molar refractivity (Wildman–Crippen MR) is 99.0 cm³/mol. The fourth-order valence-corrected chi connectivity index (χ4v) is 3.99. The Hall–Kier alpha value is -1.56. The van der Waals surface area contributed by atoms with E-state index in [2.05, 4.69) is 13.8 Å². The lowest BCUT2D eigenvalue weighted by Gasteiger charge is -2.32. The van der Waals surface area contributed by atoms with E-state index in [1.165, 1.54) is 0 Å². The van der Waals surface area contributed by atoms with Crippen LogP contribution in [0.2, 0.25) is 0 Å². The van der Waals surface area contributed by atoms with Crippen molar-refractivity contribution in [3.8, 4) is 0 Å². The summed E-state index contributed by atoms with van der Waals surface area (Å²) >= 11 is 0. The maximum atomic E-state index is 12.8. The van der Waals surface area contributed by atoms with Crippen LogP contribution in [0.5, 0.6) is 0 Å². The number of carbonyl (C=O) groups excluding carboxylic acids is 1. The zero-order chi connectivity index (χ0) is 20.2. The van der Waals surface area contributed by atoms with E-state index in [0.717, 1.165) is 37.0 Å². The Morgan fingerprint density at radius 2 is 1.81 bits per heavy atom. The second kappa shape index (κ2) is 9.09. The number of cyclic esters (lactones) is 1. The highest BCUT2D eigenvalue weighted by Crippen LogP contribution is 2.35. The van der Waals surface area contributed by atoms with E-state index in [4.69, 9.17) is 10.5 Å². The van der Waals surface area contributed by atoms with Crippen molar-refractivity contribution < 1.29 is 22.7 Å². The van der Waals surface area contributed by atoms with Crippen molar-refractivity contribution in [3.05, 3.63) is 35.4 Å². The Morgan fingerprint density at radius 3 is 2.37 bits per heavy atom. The van der Waals surface area contributed by atoms with Gasteiger partial charge in [0, 0.05) is 0 Å². The van der Waals surface area contributed by atoms with Crippen molar-refractivity contribution in [1.29, 1.82) is 0 Å². The first kappa shape index (κ1) is 21.7. The number of hydrogen-bond donors (Lipinski definition) is 1. The highest BCUT2D eigenvalue weighted by molar-refractivity contribution is 5.75. The van der Waals surface area contributed by atoms with Crippen LogP contribution in [0.15, 0.2) is 24.3 Å². The summed E-state index contributed by atoms with van der Waals surface area (Å²) in [6.45, 7) is 6.16. The molecule has 0 amide bonds. The van der Waals surface area contributed by atoms with Crippen LogP contribution in [0.4, 0.5) is 13.2 Å². The molecule has 0 spiro atoms. The van der Waals surface area contributed by atoms with Crippen molar-refractivity contribution in [3.63, 3.8) is 0 Å². The molecule has 1 aromatic carbocycles. The molecule has 2 rings (SSSR count). The van der Waals surface area contributed by atoms with Gasteiger partial charge < -0.3 is 10.5 Å². The summed E-state index contributed by atoms with van der Waals surface area (Å²) in [5, 5.41) is 0. The van der Waals surface area contributed by atoms with Crippen LogP contribution in [-0.2, 0) is 22.1 Å². The minimum absolute atomic E-state index is 0.154. The van der Waals surface area contributed by atoms with Gasteiger partial charge in [-0.2, -0.15) is 13.2 Å². The second-order valence-electron chi connectivity index (χ2n) is 8.13. The average Bonchev–Trinajstić information content (AvgIpc) is 2.61. The molecule has 0 unspecified atom stereocenters. The standard InChI is InChI=1S/C21H30F3NO2/c1-13(2)11-18-14(3)27-20(26)19(25)6-4-5-16(18)12-15-7-9-17(10-8-15)21(22,23)24/h7-10,13-14,16,18-19H,4-6,11-12,25H2,1-3H3/t14-,16+,18-,19-/m0/s1. The van der Waals surface area contributed by atoms with E-state index < -0.39 is 17.8 Å². The predicted octanol–water partition coefficient (Wildman–Crippen LogP) is 4.97. The number of ether oxygens (including phenoxy) is 1. The molecule has 1 aliphatic rings. The summed E-state index contributed by atoms with van der Waals surface area (Å²) in [5.41, 5.74) is 6.15. The first-order valence-electron chi connectivity index (χ1n) is 9.70. The molecule has 6 heteroatoms. The van der Waals surface area contributed by atoms with Crippen LogP contribution < -0.4 is 5.73 Å². The fourth-order valence-electron chi connectivity index (χ4n) is 3.99. The molecule has 1 aromatic rings. The van der Waals surface area contributed by atoms with E-state index in [0.29, 0.717) is 18.8 Å². The van der Waals surface area contributed by atoms with Gasteiger partial charge in [-0.1, -0.05) is 32.4 Å². The molecule has 0 aliphatic carbocycles. The van der Waals surface area contributed by atoms with E-state index in [1.807, 2.05) is 6.92 Å². The van der Waals surface area contributed by atoms with Crippen LogP contribution in [0.3, 0.4) is 0 Å². The molecule has 0 saturated carbocycles. The third kappa shape index (κ3) is 6.23. The number of esters is 1. The lowest BCUT2D eigenvalue weighted by Crippen LogP contribution is -2.37. The SMILES string of the molecule is CC(C)C[C@@H]1[C@@H](Cc2ccc(C(F)(F)F)cc2)CCC[C@H](N)C(=O)O[C@H]1C. The summed E-state index contributed by atoms with van der Waals surface area (Å²) in [4.78, 5) is 12.1. The van der Waals surface area contributed by atoms with Crippen LogP contribution in [0, 0.1) is 17.8 Å². The van der Waals surface area contributed by atoms with Gasteiger partial charge in [-0.25, -0.2) is 0 Å². The third-order valence-electron chi connectivity index (χ3n) is 5.43. The Morgan fingerprint density at radius 1 is 1.19 bits per heavy atom. The average molecular weight is 385 g/mol. The van der Waals surface area contributed by atoms with Crippen molar-refractivity contribution in [2.75, 3.05) is 0 Å². The monoisotopic (exact) mass is 385 g/mol. The maximum Gasteiger partial charge on any atom is 0.416 e. The summed E-state index contributed by atoms with van der Waals surface area (Å²) in [6.07, 6.45) is -0.750. The Kier molecular flexibility index (Phi) is 7.32. The summed E-state index contributed by atoms with van der Waals surface area (Å²) in [5.74, 6) is 0.464. The normalized spacial score (nSPS) is 27.6. The number of rotatable bonds is 4. The number of halogens is 3. The smallest absolute Gasteiger partial charge is 0.416 e. The molecule has 1 aliphatic heterocycles. The molecule has 3 nitrogen and oxygen atoms in total. The van der Waals surface area contributed by atoms with E-state index in [9.17, 15) is 18.0 Å². The van der Waals surface area contributed by atoms with Gasteiger partial charge in [-0.05, 0) is 68.1 Å². The third-order valence-corrected chi connectivity index (χ3v) is 5.43. The quantitative estimate of drug-likeness (QED) is 0.745. The first-order valence-corrected chi connectivity index (χ1v) is 9.70. The van der Waals surface area contributed by atoms with Crippen molar-refractivity contribution in [2.45, 2.75) is 71.2 Å². The number of nitrogens with two attached hydrogens (primary N) is 1. The number of carbonyl (C=O) groups is 1. The lowest BCUT2D eigenvalue weighted by molar-refractivity contribution is -0.153. The van der Waals surface area contributed by atoms with Gasteiger partial charge in [0.05, 0.1) is 5.56 Å². The van der Waals surface area contributed by atoms with E-state index in [-0.39, 0.29) is 23.9 Å². The van der Waals surface area contributed by atoms with Crippen molar-refractivity contribution in [1.82, 2.24) is 0 Å². The molecule has 0 aromatic heterocycles. The van der Waals surface area contributed by atoms with Gasteiger partial charge >= 0.3 is 12.1 Å². The van der Waals surface area contributed by atoms with Gasteiger partial charge in [0.2, 0.25) is 0 Å². The number of hydrogen-bond acceptors (Lipinski definition) is 3. The van der Waals surface area contributed by atoms with Gasteiger partial charge in [0.15, 0.2) is 0 Å². The zero-order valence-corrected chi connectivity index (χ0v) is 16.3. The van der Waals surface area contributed by atoms with Crippen LogP contribution in [0.1, 0.15) is 57.6 Å². The molecule has 2 N–H and O–H groups in total. The van der Waals surface area contributed by atoms with E-state index >= 15 is 0 Å². The first-order chi connectivity index (χ1) is 12.6. The minimum Gasteiger partial charge on any atom is -0.461 e. The maximum absolute atomic E-state index is 12.8. The topological polar surface area (TPSA) is 52.3 Å². The molecule has 1 saturated heterocycles. The van der Waals surface area contributed by atoms with Crippen LogP contribution in [0.25, 0.3) is 0 Å². The highest BCUT2D eigenvalue weighted by Gasteiger charge is 2.33. The second-order valence-corrected chi connectivity index (χ2v) is 8.13. The van der Waals surface area contributed by atoms with Gasteiger partial charge in [0.25, 0.3) is 0 Å². The summed E-state index contributed by atoms with van der Waals surface area (Å²) < 4.78 is 44.0. The van der Waals surface area contributed by atoms with Crippen molar-refractivity contribution >= 4 is 5.97 Å².